The normalized spacial score (nSPS) is 10.4. The van der Waals surface area contributed by atoms with E-state index in [1.165, 1.54) is 6.20 Å². The summed E-state index contributed by atoms with van der Waals surface area (Å²) in [5.74, 6) is 0.856. The van der Waals surface area contributed by atoms with Crippen molar-refractivity contribution >= 4 is 11.6 Å². The van der Waals surface area contributed by atoms with Gasteiger partial charge in [-0.1, -0.05) is 6.07 Å². The molecule has 2 heterocycles. The van der Waals surface area contributed by atoms with Crippen LogP contribution in [0.3, 0.4) is 0 Å². The minimum Gasteiger partial charge on any atom is -0.437 e. The molecule has 1 amide bonds. The third kappa shape index (κ3) is 5.39. The monoisotopic (exact) mass is 390 g/mol. The first-order valence-electron chi connectivity index (χ1n) is 9.30. The van der Waals surface area contributed by atoms with E-state index in [2.05, 4.69) is 26.5 Å². The maximum atomic E-state index is 12.4. The number of hydrogen-bond acceptors (Lipinski definition) is 6. The van der Waals surface area contributed by atoms with Gasteiger partial charge in [0.2, 0.25) is 11.8 Å². The van der Waals surface area contributed by atoms with Gasteiger partial charge in [-0.15, -0.1) is 0 Å². The fourth-order valence-corrected chi connectivity index (χ4v) is 3.03. The number of aryl methyl sites for hydroxylation is 2. The van der Waals surface area contributed by atoms with Crippen molar-refractivity contribution in [1.29, 1.82) is 5.26 Å². The molecule has 0 aliphatic carbocycles. The van der Waals surface area contributed by atoms with E-state index in [1.807, 2.05) is 18.5 Å². The standard InChI is InChI=1S/C21H22N6O2/c1-15-19(16(2)27(26-15)12-4-9-22)7-8-20(28)25-17-5-3-6-18(13-17)29-21-14-23-10-11-24-21/h3,5-6,10-11,13-14H,4,7-8,12H2,1-2H3,(H,25,28). The van der Waals surface area contributed by atoms with Crippen LogP contribution in [0.4, 0.5) is 5.69 Å². The Hall–Kier alpha value is -3.73. The first kappa shape index (κ1) is 20.0. The third-order valence-corrected chi connectivity index (χ3v) is 4.45. The number of carbonyl (C=O) groups is 1. The Morgan fingerprint density at radius 2 is 2.17 bits per heavy atom. The van der Waals surface area contributed by atoms with E-state index in [4.69, 9.17) is 10.00 Å². The molecule has 0 unspecified atom stereocenters. The first-order chi connectivity index (χ1) is 14.1. The Bertz CT molecular complexity index is 1020. The van der Waals surface area contributed by atoms with E-state index in [1.54, 1.807) is 36.7 Å². The highest BCUT2D eigenvalue weighted by molar-refractivity contribution is 5.91. The number of rotatable bonds is 8. The molecule has 0 fully saturated rings. The Labute approximate surface area is 169 Å². The number of hydrogen-bond donors (Lipinski definition) is 1. The van der Waals surface area contributed by atoms with Gasteiger partial charge < -0.3 is 10.1 Å². The van der Waals surface area contributed by atoms with E-state index in [0.717, 1.165) is 17.0 Å². The van der Waals surface area contributed by atoms with Crippen LogP contribution in [-0.2, 0) is 17.8 Å². The summed E-state index contributed by atoms with van der Waals surface area (Å²) in [5, 5.41) is 16.1. The summed E-state index contributed by atoms with van der Waals surface area (Å²) in [4.78, 5) is 20.4. The quantitative estimate of drug-likeness (QED) is 0.630. The minimum absolute atomic E-state index is 0.0924. The van der Waals surface area contributed by atoms with Crippen molar-refractivity contribution in [3.63, 3.8) is 0 Å². The van der Waals surface area contributed by atoms with Crippen molar-refractivity contribution in [2.24, 2.45) is 0 Å². The zero-order valence-electron chi connectivity index (χ0n) is 16.4. The highest BCUT2D eigenvalue weighted by atomic mass is 16.5. The second-order valence-electron chi connectivity index (χ2n) is 6.50. The lowest BCUT2D eigenvalue weighted by Crippen LogP contribution is -2.12. The van der Waals surface area contributed by atoms with Crippen LogP contribution < -0.4 is 10.1 Å². The molecule has 0 aliphatic heterocycles. The average Bonchev–Trinajstić information content (AvgIpc) is 2.98. The Morgan fingerprint density at radius 3 is 2.93 bits per heavy atom. The summed E-state index contributed by atoms with van der Waals surface area (Å²) < 4.78 is 7.47. The van der Waals surface area contributed by atoms with Crippen LogP contribution >= 0.6 is 0 Å². The van der Waals surface area contributed by atoms with Gasteiger partial charge in [0.05, 0.1) is 30.9 Å². The zero-order valence-corrected chi connectivity index (χ0v) is 16.4. The molecule has 29 heavy (non-hydrogen) atoms. The molecule has 0 radical (unpaired) electrons. The van der Waals surface area contributed by atoms with Crippen LogP contribution in [-0.4, -0.2) is 25.7 Å². The van der Waals surface area contributed by atoms with Crippen molar-refractivity contribution < 1.29 is 9.53 Å². The topological polar surface area (TPSA) is 106 Å². The highest BCUT2D eigenvalue weighted by Gasteiger charge is 2.13. The number of aromatic nitrogens is 4. The summed E-state index contributed by atoms with van der Waals surface area (Å²) in [6.07, 6.45) is 5.97. The number of anilines is 1. The van der Waals surface area contributed by atoms with E-state index < -0.39 is 0 Å². The van der Waals surface area contributed by atoms with Crippen molar-refractivity contribution in [3.8, 4) is 17.7 Å². The molecule has 1 aromatic carbocycles. The van der Waals surface area contributed by atoms with Crippen LogP contribution in [0.5, 0.6) is 11.6 Å². The maximum Gasteiger partial charge on any atom is 0.237 e. The molecule has 2 aromatic heterocycles. The van der Waals surface area contributed by atoms with Gasteiger partial charge in [0, 0.05) is 36.3 Å². The van der Waals surface area contributed by atoms with Gasteiger partial charge >= 0.3 is 0 Å². The largest absolute Gasteiger partial charge is 0.437 e. The van der Waals surface area contributed by atoms with Crippen LogP contribution in [0.2, 0.25) is 0 Å². The van der Waals surface area contributed by atoms with Gasteiger partial charge in [0.1, 0.15) is 5.75 Å². The molecule has 0 aliphatic rings. The van der Waals surface area contributed by atoms with Gasteiger partial charge in [-0.3, -0.25) is 14.5 Å². The number of ether oxygens (including phenoxy) is 1. The Morgan fingerprint density at radius 1 is 1.31 bits per heavy atom. The summed E-state index contributed by atoms with van der Waals surface area (Å²) in [5.41, 5.74) is 3.60. The number of amides is 1. The number of carbonyl (C=O) groups excluding carboxylic acids is 1. The predicted molar refractivity (Wildman–Crippen MR) is 107 cm³/mol. The summed E-state index contributed by atoms with van der Waals surface area (Å²) in [6, 6.07) is 9.25. The lowest BCUT2D eigenvalue weighted by Gasteiger charge is -2.08. The number of nitrogens with zero attached hydrogens (tertiary/aromatic N) is 5. The highest BCUT2D eigenvalue weighted by Crippen LogP contribution is 2.22. The van der Waals surface area contributed by atoms with E-state index in [9.17, 15) is 4.79 Å². The van der Waals surface area contributed by atoms with Gasteiger partial charge in [0.25, 0.3) is 0 Å². The van der Waals surface area contributed by atoms with Gasteiger partial charge in [-0.2, -0.15) is 10.4 Å². The average molecular weight is 390 g/mol. The van der Waals surface area contributed by atoms with E-state index in [0.29, 0.717) is 43.1 Å². The molecule has 0 bridgehead atoms. The molecule has 8 heteroatoms. The summed E-state index contributed by atoms with van der Waals surface area (Å²) in [7, 11) is 0. The van der Waals surface area contributed by atoms with E-state index in [-0.39, 0.29) is 5.91 Å². The summed E-state index contributed by atoms with van der Waals surface area (Å²) in [6.45, 7) is 4.46. The molecule has 1 N–H and O–H groups in total. The molecule has 3 aromatic rings. The van der Waals surface area contributed by atoms with Gasteiger partial charge in [-0.05, 0) is 38.0 Å². The van der Waals surface area contributed by atoms with Crippen LogP contribution in [0.15, 0.2) is 42.9 Å². The maximum absolute atomic E-state index is 12.4. The minimum atomic E-state index is -0.0924. The molecule has 8 nitrogen and oxygen atoms in total. The predicted octanol–water partition coefficient (Wildman–Crippen LogP) is 3.57. The van der Waals surface area contributed by atoms with E-state index >= 15 is 0 Å². The van der Waals surface area contributed by atoms with Crippen LogP contribution in [0, 0.1) is 25.2 Å². The molecular weight excluding hydrogens is 368 g/mol. The molecule has 0 saturated heterocycles. The van der Waals surface area contributed by atoms with Crippen molar-refractivity contribution in [1.82, 2.24) is 19.7 Å². The zero-order chi connectivity index (χ0) is 20.6. The van der Waals surface area contributed by atoms with Crippen molar-refractivity contribution in [2.45, 2.75) is 39.7 Å². The van der Waals surface area contributed by atoms with Crippen molar-refractivity contribution in [3.05, 3.63) is 59.8 Å². The number of benzene rings is 1. The Balaban J connectivity index is 1.58. The Kier molecular flexibility index (Phi) is 6.53. The van der Waals surface area contributed by atoms with Gasteiger partial charge in [0.15, 0.2) is 0 Å². The molecule has 0 spiro atoms. The lowest BCUT2D eigenvalue weighted by atomic mass is 10.1. The fourth-order valence-electron chi connectivity index (χ4n) is 3.03. The molecule has 0 saturated carbocycles. The second-order valence-corrected chi connectivity index (χ2v) is 6.50. The summed E-state index contributed by atoms with van der Waals surface area (Å²) >= 11 is 0. The SMILES string of the molecule is Cc1nn(CCC#N)c(C)c1CCC(=O)Nc1cccc(Oc2cnccn2)c1. The smallest absolute Gasteiger partial charge is 0.237 e. The molecule has 0 atom stereocenters. The molecular formula is C21H22N6O2. The van der Waals surface area contributed by atoms with Gasteiger partial charge in [-0.25, -0.2) is 4.98 Å². The number of nitrogens with one attached hydrogen (secondary N) is 1. The third-order valence-electron chi connectivity index (χ3n) is 4.45. The van der Waals surface area contributed by atoms with Crippen LogP contribution in [0.1, 0.15) is 29.8 Å². The van der Waals surface area contributed by atoms with Crippen molar-refractivity contribution in [2.75, 3.05) is 5.32 Å². The molecule has 148 valence electrons. The fraction of sp³-hybridized carbons (Fsp3) is 0.286. The first-order valence-corrected chi connectivity index (χ1v) is 9.30. The lowest BCUT2D eigenvalue weighted by molar-refractivity contribution is -0.116. The molecule has 3 rings (SSSR count). The van der Waals surface area contributed by atoms with Crippen LogP contribution in [0.25, 0.3) is 0 Å². The second kappa shape index (κ2) is 9.46. The number of nitriles is 1.